The Morgan fingerprint density at radius 1 is 1.26 bits per heavy atom. The molecule has 0 fully saturated rings. The van der Waals surface area contributed by atoms with Crippen molar-refractivity contribution in [1.29, 1.82) is 0 Å². The molecule has 0 amide bonds. The second kappa shape index (κ2) is 6.22. The topological polar surface area (TPSA) is 49.4 Å². The Labute approximate surface area is 143 Å². The van der Waals surface area contributed by atoms with E-state index in [1.165, 1.54) is 10.4 Å². The van der Waals surface area contributed by atoms with Gasteiger partial charge in [0.15, 0.2) is 0 Å². The van der Waals surface area contributed by atoms with Crippen LogP contribution in [0.2, 0.25) is 0 Å². The summed E-state index contributed by atoms with van der Waals surface area (Å²) in [5.74, 6) is -0.484. The van der Waals surface area contributed by atoms with Crippen molar-refractivity contribution in [3.8, 4) is 0 Å². The molecular formula is C16H16BrFN2O2S. The van der Waals surface area contributed by atoms with E-state index in [1.807, 2.05) is 25.1 Å². The number of anilines is 1. The van der Waals surface area contributed by atoms with Crippen LogP contribution < -0.4 is 9.62 Å². The van der Waals surface area contributed by atoms with Crippen molar-refractivity contribution in [2.24, 2.45) is 0 Å². The molecule has 0 saturated carbocycles. The molecule has 3 rings (SSSR count). The highest BCUT2D eigenvalue weighted by molar-refractivity contribution is 9.10. The fourth-order valence-electron chi connectivity index (χ4n) is 2.63. The van der Waals surface area contributed by atoms with Gasteiger partial charge in [-0.3, -0.25) is 4.31 Å². The molecule has 122 valence electrons. The van der Waals surface area contributed by atoms with E-state index in [1.54, 1.807) is 6.07 Å². The third-order valence-corrected chi connectivity index (χ3v) is 6.56. The van der Waals surface area contributed by atoms with Crippen molar-refractivity contribution in [3.63, 3.8) is 0 Å². The second-order valence-corrected chi connectivity index (χ2v) is 8.21. The monoisotopic (exact) mass is 398 g/mol. The molecule has 1 aliphatic rings. The van der Waals surface area contributed by atoms with Gasteiger partial charge in [0.2, 0.25) is 0 Å². The molecule has 0 aromatic heterocycles. The van der Waals surface area contributed by atoms with E-state index in [0.29, 0.717) is 18.8 Å². The second-order valence-electron chi connectivity index (χ2n) is 5.52. The van der Waals surface area contributed by atoms with Gasteiger partial charge in [-0.15, -0.1) is 0 Å². The number of hydrogen-bond donors (Lipinski definition) is 1. The molecule has 0 saturated heterocycles. The number of nitrogens with one attached hydrogen (secondary N) is 1. The Balaban J connectivity index is 2.14. The van der Waals surface area contributed by atoms with Crippen LogP contribution in [-0.4, -0.2) is 21.0 Å². The number of halogens is 2. The zero-order chi connectivity index (χ0) is 16.6. The van der Waals surface area contributed by atoms with Crippen LogP contribution in [0.15, 0.2) is 51.8 Å². The third kappa shape index (κ3) is 3.13. The van der Waals surface area contributed by atoms with Crippen molar-refractivity contribution < 1.29 is 12.8 Å². The first kappa shape index (κ1) is 16.4. The quantitative estimate of drug-likeness (QED) is 0.844. The van der Waals surface area contributed by atoms with Gasteiger partial charge < -0.3 is 5.32 Å². The van der Waals surface area contributed by atoms with Crippen molar-refractivity contribution in [3.05, 3.63) is 58.3 Å². The van der Waals surface area contributed by atoms with Gasteiger partial charge in [-0.2, -0.15) is 0 Å². The number of hydrogen-bond acceptors (Lipinski definition) is 3. The lowest BCUT2D eigenvalue weighted by atomic mass is 10.2. The zero-order valence-corrected chi connectivity index (χ0v) is 14.9. The SMILES string of the molecule is CC1CN(S(=O)(=O)c2ccc(F)cc2Br)c2ccccc2CN1. The molecule has 23 heavy (non-hydrogen) atoms. The first-order valence-corrected chi connectivity index (χ1v) is 9.42. The average molecular weight is 399 g/mol. The van der Waals surface area contributed by atoms with Crippen molar-refractivity contribution >= 4 is 31.6 Å². The molecule has 4 nitrogen and oxygen atoms in total. The summed E-state index contributed by atoms with van der Waals surface area (Å²) < 4.78 is 41.2. The maximum atomic E-state index is 13.3. The molecule has 1 atom stereocenters. The van der Waals surface area contributed by atoms with E-state index in [0.717, 1.165) is 17.7 Å². The lowest BCUT2D eigenvalue weighted by Gasteiger charge is -2.26. The van der Waals surface area contributed by atoms with Gasteiger partial charge in [-0.1, -0.05) is 18.2 Å². The van der Waals surface area contributed by atoms with Gasteiger partial charge in [-0.05, 0) is 52.7 Å². The van der Waals surface area contributed by atoms with Crippen molar-refractivity contribution in [1.82, 2.24) is 5.32 Å². The Hall–Kier alpha value is -1.44. The van der Waals surface area contributed by atoms with Crippen LogP contribution in [0, 0.1) is 5.82 Å². The molecule has 1 N–H and O–H groups in total. The lowest BCUT2D eigenvalue weighted by Crippen LogP contribution is -2.39. The van der Waals surface area contributed by atoms with E-state index >= 15 is 0 Å². The normalized spacial score (nSPS) is 18.4. The predicted octanol–water partition coefficient (Wildman–Crippen LogP) is 3.28. The maximum absolute atomic E-state index is 13.3. The fourth-order valence-corrected chi connectivity index (χ4v) is 5.23. The molecule has 0 spiro atoms. The molecule has 0 aliphatic carbocycles. The summed E-state index contributed by atoms with van der Waals surface area (Å²) in [7, 11) is -3.80. The number of benzene rings is 2. The first-order chi connectivity index (χ1) is 10.9. The van der Waals surface area contributed by atoms with Crippen molar-refractivity contribution in [2.45, 2.75) is 24.4 Å². The summed E-state index contributed by atoms with van der Waals surface area (Å²) in [6.07, 6.45) is 0. The molecule has 7 heteroatoms. The molecule has 1 aliphatic heterocycles. The number of nitrogens with zero attached hydrogens (tertiary/aromatic N) is 1. The molecule has 1 unspecified atom stereocenters. The summed E-state index contributed by atoms with van der Waals surface area (Å²) in [6, 6.07) is 11.0. The minimum Gasteiger partial charge on any atom is -0.308 e. The van der Waals surface area contributed by atoms with Crippen LogP contribution in [0.25, 0.3) is 0 Å². The Kier molecular flexibility index (Phi) is 4.44. The first-order valence-electron chi connectivity index (χ1n) is 7.18. The van der Waals surface area contributed by atoms with E-state index in [2.05, 4.69) is 21.2 Å². The number of sulfonamides is 1. The summed E-state index contributed by atoms with van der Waals surface area (Å²) in [5, 5.41) is 3.30. The van der Waals surface area contributed by atoms with Crippen LogP contribution in [0.5, 0.6) is 0 Å². The highest BCUT2D eigenvalue weighted by Gasteiger charge is 2.31. The molecule has 0 bridgehead atoms. The van der Waals surface area contributed by atoms with E-state index < -0.39 is 15.8 Å². The Morgan fingerprint density at radius 3 is 2.74 bits per heavy atom. The van der Waals surface area contributed by atoms with Crippen LogP contribution in [0.1, 0.15) is 12.5 Å². The van der Waals surface area contributed by atoms with Crippen molar-refractivity contribution in [2.75, 3.05) is 10.8 Å². The smallest absolute Gasteiger partial charge is 0.265 e. The van der Waals surface area contributed by atoms with Gasteiger partial charge in [0.25, 0.3) is 10.0 Å². The lowest BCUT2D eigenvalue weighted by molar-refractivity contribution is 0.555. The van der Waals surface area contributed by atoms with Gasteiger partial charge >= 0.3 is 0 Å². The van der Waals surface area contributed by atoms with Crippen LogP contribution in [-0.2, 0) is 16.6 Å². The number of para-hydroxylation sites is 1. The van der Waals surface area contributed by atoms with Gasteiger partial charge in [0.05, 0.1) is 5.69 Å². The molecular weight excluding hydrogens is 383 g/mol. The maximum Gasteiger partial charge on any atom is 0.265 e. The van der Waals surface area contributed by atoms with Crippen LogP contribution in [0.3, 0.4) is 0 Å². The predicted molar refractivity (Wildman–Crippen MR) is 91.4 cm³/mol. The number of fused-ring (bicyclic) bond motifs is 1. The van der Waals surface area contributed by atoms with E-state index in [9.17, 15) is 12.8 Å². The van der Waals surface area contributed by atoms with Gasteiger partial charge in [0, 0.05) is 23.6 Å². The van der Waals surface area contributed by atoms with E-state index in [4.69, 9.17) is 0 Å². The average Bonchev–Trinajstić information content (AvgIpc) is 2.67. The molecule has 1 heterocycles. The minimum absolute atomic E-state index is 0.00333. The Bertz CT molecular complexity index is 842. The van der Waals surface area contributed by atoms with Crippen LogP contribution >= 0.6 is 15.9 Å². The molecule has 2 aromatic rings. The summed E-state index contributed by atoms with van der Waals surface area (Å²) in [6.45, 7) is 2.85. The highest BCUT2D eigenvalue weighted by Crippen LogP contribution is 2.32. The standard InChI is InChI=1S/C16H16BrFN2O2S/c1-11-10-20(15-5-3-2-4-12(15)9-19-11)23(21,22)16-7-6-13(18)8-14(16)17/h2-8,11,19H,9-10H2,1H3. The summed E-state index contributed by atoms with van der Waals surface area (Å²) in [4.78, 5) is 0.0582. The summed E-state index contributed by atoms with van der Waals surface area (Å²) >= 11 is 3.16. The number of rotatable bonds is 2. The zero-order valence-electron chi connectivity index (χ0n) is 12.5. The summed E-state index contributed by atoms with van der Waals surface area (Å²) in [5.41, 5.74) is 1.57. The highest BCUT2D eigenvalue weighted by atomic mass is 79.9. The minimum atomic E-state index is -3.80. The third-order valence-electron chi connectivity index (χ3n) is 3.80. The Morgan fingerprint density at radius 2 is 2.00 bits per heavy atom. The molecule has 2 aromatic carbocycles. The van der Waals surface area contributed by atoms with Gasteiger partial charge in [0.1, 0.15) is 10.7 Å². The van der Waals surface area contributed by atoms with Crippen LogP contribution in [0.4, 0.5) is 10.1 Å². The molecule has 0 radical (unpaired) electrons. The van der Waals surface area contributed by atoms with Gasteiger partial charge in [-0.25, -0.2) is 12.8 Å². The largest absolute Gasteiger partial charge is 0.308 e. The van der Waals surface area contributed by atoms with E-state index in [-0.39, 0.29) is 15.4 Å². The fraction of sp³-hybridized carbons (Fsp3) is 0.250.